The van der Waals surface area contributed by atoms with Gasteiger partial charge in [-0.2, -0.15) is 0 Å². The first-order chi connectivity index (χ1) is 14.9. The van der Waals surface area contributed by atoms with Gasteiger partial charge in [0.05, 0.1) is 11.3 Å². The van der Waals surface area contributed by atoms with Crippen LogP contribution in [-0.4, -0.2) is 40.8 Å². The minimum atomic E-state index is -0.733. The molecular formula is C21H17ClF2N4O3. The summed E-state index contributed by atoms with van der Waals surface area (Å²) < 4.78 is 25.4. The second-order valence-electron chi connectivity index (χ2n) is 6.45. The monoisotopic (exact) mass is 446 g/mol. The Balaban J connectivity index is 1.65. The molecule has 0 saturated carbocycles. The van der Waals surface area contributed by atoms with Gasteiger partial charge in [-0.1, -0.05) is 23.7 Å². The molecular weight excluding hydrogens is 430 g/mol. The number of rotatable bonds is 8. The van der Waals surface area contributed by atoms with Crippen molar-refractivity contribution >= 4 is 34.9 Å². The number of Topliss-reactive ketones (excluding diaryl/α,β-unsaturated/α-hetero) is 1. The fourth-order valence-electron chi connectivity index (χ4n) is 2.78. The molecule has 160 valence electrons. The van der Waals surface area contributed by atoms with Gasteiger partial charge in [-0.3, -0.25) is 14.4 Å². The highest BCUT2D eigenvalue weighted by Crippen LogP contribution is 2.20. The first kappa shape index (κ1) is 22.1. The molecule has 0 unspecified atom stereocenters. The van der Waals surface area contributed by atoms with Gasteiger partial charge in [-0.25, -0.2) is 13.8 Å². The third-order valence-electron chi connectivity index (χ3n) is 4.27. The third-order valence-corrected chi connectivity index (χ3v) is 4.58. The van der Waals surface area contributed by atoms with E-state index in [4.69, 9.17) is 11.6 Å². The second-order valence-corrected chi connectivity index (χ2v) is 6.85. The van der Waals surface area contributed by atoms with Crippen LogP contribution in [0.1, 0.15) is 36.9 Å². The summed E-state index contributed by atoms with van der Waals surface area (Å²) in [5.74, 6) is -2.08. The van der Waals surface area contributed by atoms with Gasteiger partial charge in [0.2, 0.25) is 0 Å². The molecule has 3 aromatic rings. The van der Waals surface area contributed by atoms with Crippen molar-refractivity contribution in [2.24, 2.45) is 0 Å². The molecule has 0 aliphatic rings. The summed E-state index contributed by atoms with van der Waals surface area (Å²) in [6.45, 7) is -0.911. The van der Waals surface area contributed by atoms with Crippen LogP contribution in [0.3, 0.4) is 0 Å². The third kappa shape index (κ3) is 5.52. The van der Waals surface area contributed by atoms with Crippen molar-refractivity contribution in [3.05, 3.63) is 82.1 Å². The van der Waals surface area contributed by atoms with Crippen molar-refractivity contribution in [1.29, 1.82) is 0 Å². The lowest BCUT2D eigenvalue weighted by Crippen LogP contribution is -2.28. The molecule has 2 aromatic carbocycles. The Morgan fingerprint density at radius 2 is 1.81 bits per heavy atom. The molecule has 31 heavy (non-hydrogen) atoms. The summed E-state index contributed by atoms with van der Waals surface area (Å²) in [5, 5.41) is 4.95. The standard InChI is InChI=1S/C21H17ClF2N4O3/c22-16-10-13(24)3-6-15(16)17(29)9-12-1-4-14(5-2-12)28-21(31)19-18(26-11-27-19)20(30)25-8-7-23/h1-6,10-11H,7-9H2,(H,25,30)(H,26,27)(H,28,31). The molecule has 0 atom stereocenters. The van der Waals surface area contributed by atoms with Gasteiger partial charge in [0, 0.05) is 24.2 Å². The number of halogens is 3. The van der Waals surface area contributed by atoms with Crippen LogP contribution >= 0.6 is 11.6 Å². The van der Waals surface area contributed by atoms with E-state index in [0.29, 0.717) is 11.3 Å². The maximum absolute atomic E-state index is 13.1. The normalized spacial score (nSPS) is 10.5. The van der Waals surface area contributed by atoms with E-state index in [9.17, 15) is 23.2 Å². The number of aromatic amines is 1. The van der Waals surface area contributed by atoms with Crippen LogP contribution < -0.4 is 10.6 Å². The number of ketones is 1. The molecule has 3 rings (SSSR count). The number of benzene rings is 2. The zero-order valence-electron chi connectivity index (χ0n) is 16.0. The number of carbonyl (C=O) groups is 3. The summed E-state index contributed by atoms with van der Waals surface area (Å²) in [5.41, 5.74) is 1.08. The van der Waals surface area contributed by atoms with Crippen molar-refractivity contribution in [3.63, 3.8) is 0 Å². The predicted molar refractivity (Wildman–Crippen MR) is 111 cm³/mol. The highest BCUT2D eigenvalue weighted by Gasteiger charge is 2.20. The number of nitrogens with zero attached hydrogens (tertiary/aromatic N) is 1. The van der Waals surface area contributed by atoms with E-state index in [0.717, 1.165) is 6.07 Å². The highest BCUT2D eigenvalue weighted by atomic mass is 35.5. The van der Waals surface area contributed by atoms with Gasteiger partial charge in [-0.05, 0) is 35.9 Å². The first-order valence-electron chi connectivity index (χ1n) is 9.15. The number of imidazole rings is 1. The maximum atomic E-state index is 13.1. The molecule has 3 N–H and O–H groups in total. The number of carbonyl (C=O) groups excluding carboxylic acids is 3. The first-order valence-corrected chi connectivity index (χ1v) is 9.53. The summed E-state index contributed by atoms with van der Waals surface area (Å²) in [6, 6.07) is 10.0. The summed E-state index contributed by atoms with van der Waals surface area (Å²) in [7, 11) is 0. The zero-order valence-corrected chi connectivity index (χ0v) is 16.8. The molecule has 10 heteroatoms. The largest absolute Gasteiger partial charge is 0.348 e. The van der Waals surface area contributed by atoms with Crippen molar-refractivity contribution < 1.29 is 23.2 Å². The molecule has 1 heterocycles. The van der Waals surface area contributed by atoms with E-state index >= 15 is 0 Å². The topological polar surface area (TPSA) is 104 Å². The number of amides is 2. The number of H-pyrrole nitrogens is 1. The predicted octanol–water partition coefficient (Wildman–Crippen LogP) is 3.58. The van der Waals surface area contributed by atoms with Gasteiger partial charge in [0.25, 0.3) is 11.8 Å². The van der Waals surface area contributed by atoms with Gasteiger partial charge >= 0.3 is 0 Å². The molecule has 0 bridgehead atoms. The van der Waals surface area contributed by atoms with E-state index in [1.807, 2.05) is 0 Å². The zero-order chi connectivity index (χ0) is 22.4. The fourth-order valence-corrected chi connectivity index (χ4v) is 3.05. The Morgan fingerprint density at radius 3 is 2.48 bits per heavy atom. The van der Waals surface area contributed by atoms with Crippen molar-refractivity contribution in [2.45, 2.75) is 6.42 Å². The summed E-state index contributed by atoms with van der Waals surface area (Å²) >= 11 is 5.92. The Morgan fingerprint density at radius 1 is 1.06 bits per heavy atom. The van der Waals surface area contributed by atoms with E-state index in [-0.39, 0.29) is 40.7 Å². The lowest BCUT2D eigenvalue weighted by atomic mass is 10.0. The summed E-state index contributed by atoms with van der Waals surface area (Å²) in [4.78, 5) is 43.2. The lowest BCUT2D eigenvalue weighted by molar-refractivity contribution is 0.0932. The lowest BCUT2D eigenvalue weighted by Gasteiger charge is -2.08. The maximum Gasteiger partial charge on any atom is 0.276 e. The minimum absolute atomic E-state index is 0.0395. The second kappa shape index (κ2) is 9.94. The molecule has 2 amide bonds. The van der Waals surface area contributed by atoms with Gasteiger partial charge in [0.15, 0.2) is 11.5 Å². The van der Waals surface area contributed by atoms with Crippen molar-refractivity contribution in [3.8, 4) is 0 Å². The molecule has 0 radical (unpaired) electrons. The number of aromatic nitrogens is 2. The molecule has 7 nitrogen and oxygen atoms in total. The van der Waals surface area contributed by atoms with Crippen molar-refractivity contribution in [2.75, 3.05) is 18.5 Å². The molecule has 1 aromatic heterocycles. The van der Waals surface area contributed by atoms with Gasteiger partial charge < -0.3 is 15.6 Å². The Hall–Kier alpha value is -3.59. The number of anilines is 1. The highest BCUT2D eigenvalue weighted by molar-refractivity contribution is 6.34. The number of nitrogens with one attached hydrogen (secondary N) is 3. The number of hydrogen-bond donors (Lipinski definition) is 3. The average Bonchev–Trinajstić information content (AvgIpc) is 3.23. The van der Waals surface area contributed by atoms with Crippen molar-refractivity contribution in [1.82, 2.24) is 15.3 Å². The van der Waals surface area contributed by atoms with E-state index in [2.05, 4.69) is 20.6 Å². The van der Waals surface area contributed by atoms with Crippen LogP contribution in [0.15, 0.2) is 48.8 Å². The van der Waals surface area contributed by atoms with Crippen LogP contribution in [-0.2, 0) is 6.42 Å². The Bertz CT molecular complexity index is 1120. The molecule has 0 fully saturated rings. The minimum Gasteiger partial charge on any atom is -0.348 e. The SMILES string of the molecule is O=C(Cc1ccc(NC(=O)c2nc[nH]c2C(=O)NCCF)cc1)c1ccc(F)cc1Cl. The van der Waals surface area contributed by atoms with Gasteiger partial charge in [-0.15, -0.1) is 0 Å². The van der Waals surface area contributed by atoms with Crippen LogP contribution in [0.4, 0.5) is 14.5 Å². The van der Waals surface area contributed by atoms with Gasteiger partial charge in [0.1, 0.15) is 18.2 Å². The van der Waals surface area contributed by atoms with E-state index in [1.54, 1.807) is 24.3 Å². The average molecular weight is 447 g/mol. The number of alkyl halides is 1. The molecule has 0 saturated heterocycles. The Kier molecular flexibility index (Phi) is 7.09. The molecule has 0 aliphatic heterocycles. The smallest absolute Gasteiger partial charge is 0.276 e. The van der Waals surface area contributed by atoms with Crippen LogP contribution in [0.5, 0.6) is 0 Å². The van der Waals surface area contributed by atoms with Crippen LogP contribution in [0.25, 0.3) is 0 Å². The number of hydrogen-bond acceptors (Lipinski definition) is 4. The van der Waals surface area contributed by atoms with E-state index < -0.39 is 24.3 Å². The molecule has 0 aliphatic carbocycles. The molecule has 0 spiro atoms. The summed E-state index contributed by atoms with van der Waals surface area (Å²) in [6.07, 6.45) is 1.23. The Labute approximate surface area is 180 Å². The van der Waals surface area contributed by atoms with Crippen LogP contribution in [0.2, 0.25) is 5.02 Å². The quantitative estimate of drug-likeness (QED) is 0.460. The van der Waals surface area contributed by atoms with Crippen LogP contribution in [0, 0.1) is 5.82 Å². The fraction of sp³-hybridized carbons (Fsp3) is 0.143. The van der Waals surface area contributed by atoms with E-state index in [1.165, 1.54) is 18.5 Å².